The zero-order valence-corrected chi connectivity index (χ0v) is 18.1. The van der Waals surface area contributed by atoms with Gasteiger partial charge in [0, 0.05) is 31.7 Å². The van der Waals surface area contributed by atoms with Gasteiger partial charge in [-0.25, -0.2) is 0 Å². The van der Waals surface area contributed by atoms with Crippen molar-refractivity contribution in [1.29, 1.82) is 0 Å². The van der Waals surface area contributed by atoms with Gasteiger partial charge in [0.1, 0.15) is 5.75 Å². The molecule has 2 aromatic carbocycles. The smallest absolute Gasteiger partial charge is 0.260 e. The summed E-state index contributed by atoms with van der Waals surface area (Å²) >= 11 is 0. The first kappa shape index (κ1) is 21.1. The van der Waals surface area contributed by atoms with Crippen LogP contribution in [-0.4, -0.2) is 58.6 Å². The van der Waals surface area contributed by atoms with Gasteiger partial charge in [-0.05, 0) is 31.0 Å². The highest BCUT2D eigenvalue weighted by atomic mass is 16.5. The molecule has 0 N–H and O–H groups in total. The van der Waals surface area contributed by atoms with Crippen molar-refractivity contribution in [1.82, 2.24) is 19.9 Å². The molecule has 1 fully saturated rings. The Morgan fingerprint density at radius 3 is 2.61 bits per heavy atom. The summed E-state index contributed by atoms with van der Waals surface area (Å²) < 4.78 is 11.1. The van der Waals surface area contributed by atoms with Crippen molar-refractivity contribution in [2.75, 3.05) is 32.8 Å². The molecule has 0 bridgehead atoms. The average molecular weight is 421 g/mol. The third kappa shape index (κ3) is 5.49. The molecule has 31 heavy (non-hydrogen) atoms. The van der Waals surface area contributed by atoms with E-state index in [1.54, 1.807) is 0 Å². The van der Waals surface area contributed by atoms with Crippen LogP contribution in [0.25, 0.3) is 11.4 Å². The van der Waals surface area contributed by atoms with E-state index in [0.29, 0.717) is 31.3 Å². The highest BCUT2D eigenvalue weighted by molar-refractivity contribution is 5.77. The molecule has 0 saturated carbocycles. The van der Waals surface area contributed by atoms with Gasteiger partial charge in [-0.15, -0.1) is 0 Å². The Kier molecular flexibility index (Phi) is 6.62. The van der Waals surface area contributed by atoms with Crippen molar-refractivity contribution in [2.45, 2.75) is 26.8 Å². The quantitative estimate of drug-likeness (QED) is 0.584. The number of piperazine rings is 1. The molecule has 1 amide bonds. The Labute approximate surface area is 182 Å². The highest BCUT2D eigenvalue weighted by Crippen LogP contribution is 2.18. The molecule has 1 saturated heterocycles. The molecule has 1 aromatic heterocycles. The van der Waals surface area contributed by atoms with E-state index in [2.05, 4.69) is 28.0 Å². The summed E-state index contributed by atoms with van der Waals surface area (Å²) in [5, 5.41) is 4.10. The van der Waals surface area contributed by atoms with Crippen LogP contribution in [-0.2, 0) is 17.8 Å². The molecule has 2 heterocycles. The van der Waals surface area contributed by atoms with Crippen LogP contribution in [0.2, 0.25) is 0 Å². The first-order valence-corrected chi connectivity index (χ1v) is 10.7. The summed E-state index contributed by atoms with van der Waals surface area (Å²) in [6.07, 6.45) is 0.944. The van der Waals surface area contributed by atoms with E-state index in [9.17, 15) is 4.79 Å². The second kappa shape index (κ2) is 9.75. The molecule has 7 heteroatoms. The molecule has 0 radical (unpaired) electrons. The number of ether oxygens (including phenoxy) is 1. The van der Waals surface area contributed by atoms with Gasteiger partial charge in [-0.1, -0.05) is 54.0 Å². The fourth-order valence-corrected chi connectivity index (χ4v) is 3.58. The maximum absolute atomic E-state index is 12.5. The lowest BCUT2D eigenvalue weighted by Gasteiger charge is -2.33. The minimum absolute atomic E-state index is 0.0148. The Balaban J connectivity index is 1.24. The monoisotopic (exact) mass is 420 g/mol. The van der Waals surface area contributed by atoms with Gasteiger partial charge in [-0.2, -0.15) is 4.98 Å². The summed E-state index contributed by atoms with van der Waals surface area (Å²) in [5.74, 6) is 1.95. The van der Waals surface area contributed by atoms with E-state index in [-0.39, 0.29) is 12.5 Å². The number of hydrogen-bond acceptors (Lipinski definition) is 6. The van der Waals surface area contributed by atoms with Crippen LogP contribution in [0.4, 0.5) is 0 Å². The fourth-order valence-electron chi connectivity index (χ4n) is 3.58. The number of nitrogens with zero attached hydrogens (tertiary/aromatic N) is 4. The number of carbonyl (C=O) groups excluding carboxylic acids is 1. The third-order valence-electron chi connectivity index (χ3n) is 5.53. The molecule has 0 spiro atoms. The number of hydrogen-bond donors (Lipinski definition) is 0. The Hall–Kier alpha value is -3.19. The van der Waals surface area contributed by atoms with Gasteiger partial charge in [0.2, 0.25) is 11.7 Å². The molecule has 0 atom stereocenters. The van der Waals surface area contributed by atoms with Crippen LogP contribution in [0.1, 0.15) is 23.9 Å². The number of carbonyl (C=O) groups is 1. The lowest BCUT2D eigenvalue weighted by Crippen LogP contribution is -2.49. The first-order valence-electron chi connectivity index (χ1n) is 10.7. The van der Waals surface area contributed by atoms with Crippen molar-refractivity contribution >= 4 is 5.91 Å². The zero-order valence-electron chi connectivity index (χ0n) is 18.1. The van der Waals surface area contributed by atoms with E-state index >= 15 is 0 Å². The molecule has 4 rings (SSSR count). The van der Waals surface area contributed by atoms with Gasteiger partial charge < -0.3 is 14.2 Å². The second-order valence-corrected chi connectivity index (χ2v) is 7.82. The lowest BCUT2D eigenvalue weighted by atomic mass is 10.1. The number of rotatable bonds is 7. The fraction of sp³-hybridized carbons (Fsp3) is 0.375. The van der Waals surface area contributed by atoms with Crippen molar-refractivity contribution in [3.8, 4) is 17.1 Å². The average Bonchev–Trinajstić information content (AvgIpc) is 3.27. The van der Waals surface area contributed by atoms with Gasteiger partial charge in [-0.3, -0.25) is 9.69 Å². The summed E-state index contributed by atoms with van der Waals surface area (Å²) in [7, 11) is 0. The van der Waals surface area contributed by atoms with Crippen LogP contribution in [0, 0.1) is 6.92 Å². The Morgan fingerprint density at radius 2 is 1.87 bits per heavy atom. The summed E-state index contributed by atoms with van der Waals surface area (Å²) in [4.78, 5) is 21.1. The van der Waals surface area contributed by atoms with Crippen LogP contribution in [0.15, 0.2) is 53.1 Å². The Bertz CT molecular complexity index is 1010. The Morgan fingerprint density at radius 1 is 1.10 bits per heavy atom. The largest absolute Gasteiger partial charge is 0.484 e. The molecule has 0 unspecified atom stereocenters. The van der Waals surface area contributed by atoms with E-state index in [0.717, 1.165) is 30.8 Å². The van der Waals surface area contributed by atoms with Gasteiger partial charge in [0.05, 0.1) is 6.54 Å². The number of aryl methyl sites for hydroxylation is 2. The van der Waals surface area contributed by atoms with Crippen molar-refractivity contribution in [3.05, 3.63) is 65.5 Å². The number of amides is 1. The lowest BCUT2D eigenvalue weighted by molar-refractivity contribution is -0.135. The number of aromatic nitrogens is 2. The standard InChI is InChI=1S/C24H28N4O3/c1-3-19-5-4-6-21(15-19)30-17-23(29)28-13-11-27(12-14-28)16-22-25-24(26-31-22)20-9-7-18(2)8-10-20/h4-10,15H,3,11-14,16-17H2,1-2H3. The maximum Gasteiger partial charge on any atom is 0.260 e. The second-order valence-electron chi connectivity index (χ2n) is 7.82. The van der Waals surface area contributed by atoms with E-state index in [1.807, 2.05) is 54.3 Å². The molecule has 162 valence electrons. The van der Waals surface area contributed by atoms with Crippen molar-refractivity contribution in [2.24, 2.45) is 0 Å². The van der Waals surface area contributed by atoms with Crippen LogP contribution in [0.5, 0.6) is 5.75 Å². The minimum atomic E-state index is 0.0148. The predicted octanol–water partition coefficient (Wildman–Crippen LogP) is 3.33. The van der Waals surface area contributed by atoms with Crippen LogP contribution >= 0.6 is 0 Å². The van der Waals surface area contributed by atoms with Crippen LogP contribution in [0.3, 0.4) is 0 Å². The first-order chi connectivity index (χ1) is 15.1. The van der Waals surface area contributed by atoms with Crippen molar-refractivity contribution < 1.29 is 14.1 Å². The summed E-state index contributed by atoms with van der Waals surface area (Å²) in [6.45, 7) is 7.65. The number of benzene rings is 2. The molecular formula is C24H28N4O3. The van der Waals surface area contributed by atoms with Crippen LogP contribution < -0.4 is 4.74 Å². The topological polar surface area (TPSA) is 71.7 Å². The minimum Gasteiger partial charge on any atom is -0.484 e. The maximum atomic E-state index is 12.5. The van der Waals surface area contributed by atoms with Gasteiger partial charge in [0.15, 0.2) is 6.61 Å². The van der Waals surface area contributed by atoms with Gasteiger partial charge >= 0.3 is 0 Å². The SMILES string of the molecule is CCc1cccc(OCC(=O)N2CCN(Cc3nc(-c4ccc(C)cc4)no3)CC2)c1. The summed E-state index contributed by atoms with van der Waals surface area (Å²) in [6, 6.07) is 15.9. The van der Waals surface area contributed by atoms with E-state index in [1.165, 1.54) is 11.1 Å². The molecule has 1 aliphatic heterocycles. The summed E-state index contributed by atoms with van der Waals surface area (Å²) in [5.41, 5.74) is 3.34. The predicted molar refractivity (Wildman–Crippen MR) is 118 cm³/mol. The molecule has 3 aromatic rings. The normalized spacial score (nSPS) is 14.6. The molecular weight excluding hydrogens is 392 g/mol. The van der Waals surface area contributed by atoms with Crippen molar-refractivity contribution in [3.63, 3.8) is 0 Å². The third-order valence-corrected chi connectivity index (χ3v) is 5.53. The van der Waals surface area contributed by atoms with Gasteiger partial charge in [0.25, 0.3) is 5.91 Å². The molecule has 0 aliphatic carbocycles. The van der Waals surface area contributed by atoms with E-state index in [4.69, 9.17) is 9.26 Å². The molecule has 7 nitrogen and oxygen atoms in total. The molecule has 1 aliphatic rings. The zero-order chi connectivity index (χ0) is 21.6. The van der Waals surface area contributed by atoms with E-state index < -0.39 is 0 Å². The highest BCUT2D eigenvalue weighted by Gasteiger charge is 2.23.